The minimum absolute atomic E-state index is 0.227. The van der Waals surface area contributed by atoms with Crippen molar-refractivity contribution in [3.63, 3.8) is 0 Å². The van der Waals surface area contributed by atoms with Crippen molar-refractivity contribution < 1.29 is 9.59 Å². The molecular formula is C19H25N5O2S. The van der Waals surface area contributed by atoms with Gasteiger partial charge in [-0.15, -0.1) is 10.2 Å². The summed E-state index contributed by atoms with van der Waals surface area (Å²) in [4.78, 5) is 25.7. The number of aryl methyl sites for hydroxylation is 3. The molecule has 27 heavy (non-hydrogen) atoms. The van der Waals surface area contributed by atoms with E-state index in [1.54, 1.807) is 0 Å². The molecule has 0 saturated heterocycles. The molecule has 0 bridgehead atoms. The summed E-state index contributed by atoms with van der Waals surface area (Å²) in [7, 11) is 0. The van der Waals surface area contributed by atoms with Crippen molar-refractivity contribution in [2.75, 3.05) is 10.6 Å². The number of carbonyl (C=O) groups excluding carboxylic acids is 2. The lowest BCUT2D eigenvalue weighted by Crippen LogP contribution is -2.58. The van der Waals surface area contributed by atoms with E-state index in [0.717, 1.165) is 41.1 Å². The van der Waals surface area contributed by atoms with E-state index in [1.807, 2.05) is 39.0 Å². The van der Waals surface area contributed by atoms with E-state index in [0.29, 0.717) is 18.0 Å². The zero-order valence-corrected chi connectivity index (χ0v) is 16.7. The lowest BCUT2D eigenvalue weighted by Gasteiger charge is -2.36. The Bertz CT molecular complexity index is 822. The van der Waals surface area contributed by atoms with Crippen LogP contribution in [0, 0.1) is 20.8 Å². The van der Waals surface area contributed by atoms with Gasteiger partial charge in [-0.1, -0.05) is 48.8 Å². The molecule has 3 rings (SSSR count). The van der Waals surface area contributed by atoms with E-state index in [2.05, 4.69) is 26.1 Å². The number of urea groups is 1. The topological polar surface area (TPSA) is 96.0 Å². The predicted octanol–water partition coefficient (Wildman–Crippen LogP) is 3.93. The molecule has 1 saturated carbocycles. The zero-order chi connectivity index (χ0) is 19.4. The number of nitrogens with one attached hydrogen (secondary N) is 3. The first-order valence-electron chi connectivity index (χ1n) is 9.16. The van der Waals surface area contributed by atoms with Crippen LogP contribution in [0.5, 0.6) is 0 Å². The second kappa shape index (κ2) is 8.04. The highest BCUT2D eigenvalue weighted by molar-refractivity contribution is 7.15. The quantitative estimate of drug-likeness (QED) is 0.741. The van der Waals surface area contributed by atoms with Crippen LogP contribution in [0.4, 0.5) is 15.6 Å². The number of rotatable bonds is 4. The minimum atomic E-state index is -0.932. The number of hydrogen-bond donors (Lipinski definition) is 3. The van der Waals surface area contributed by atoms with Crippen LogP contribution in [0.3, 0.4) is 0 Å². The highest BCUT2D eigenvalue weighted by atomic mass is 32.1. The summed E-state index contributed by atoms with van der Waals surface area (Å²) in [6.07, 6.45) is 4.07. The van der Waals surface area contributed by atoms with Gasteiger partial charge in [-0.25, -0.2) is 4.79 Å². The van der Waals surface area contributed by atoms with Gasteiger partial charge < -0.3 is 10.6 Å². The molecule has 0 aliphatic heterocycles. The molecule has 0 radical (unpaired) electrons. The molecule has 7 nitrogen and oxygen atoms in total. The van der Waals surface area contributed by atoms with Crippen molar-refractivity contribution in [2.24, 2.45) is 0 Å². The SMILES string of the molecule is Cc1nnc(NC(=O)C2(NC(=O)Nc3c(C)cccc3C)CCCCC2)s1. The number of para-hydroxylation sites is 1. The van der Waals surface area contributed by atoms with Crippen LogP contribution >= 0.6 is 11.3 Å². The smallest absolute Gasteiger partial charge is 0.320 e. The maximum atomic E-state index is 13.0. The molecule has 8 heteroatoms. The van der Waals surface area contributed by atoms with Crippen LogP contribution in [0.25, 0.3) is 0 Å². The van der Waals surface area contributed by atoms with Crippen molar-refractivity contribution in [1.29, 1.82) is 0 Å². The number of nitrogens with zero attached hydrogens (tertiary/aromatic N) is 2. The normalized spacial score (nSPS) is 15.8. The van der Waals surface area contributed by atoms with Gasteiger partial charge in [-0.3, -0.25) is 10.1 Å². The zero-order valence-electron chi connectivity index (χ0n) is 15.9. The van der Waals surface area contributed by atoms with Crippen molar-refractivity contribution in [2.45, 2.75) is 58.4 Å². The first-order chi connectivity index (χ1) is 12.9. The average molecular weight is 388 g/mol. The lowest BCUT2D eigenvalue weighted by atomic mass is 9.81. The maximum Gasteiger partial charge on any atom is 0.320 e. The van der Waals surface area contributed by atoms with Gasteiger partial charge in [0, 0.05) is 5.69 Å². The minimum Gasteiger partial charge on any atom is -0.323 e. The van der Waals surface area contributed by atoms with Gasteiger partial charge in [0.1, 0.15) is 10.5 Å². The summed E-state index contributed by atoms with van der Waals surface area (Å²) in [5.41, 5.74) is 1.81. The molecule has 1 aromatic heterocycles. The third kappa shape index (κ3) is 4.44. The monoisotopic (exact) mass is 387 g/mol. The molecule has 0 spiro atoms. The molecule has 3 N–H and O–H groups in total. The summed E-state index contributed by atoms with van der Waals surface area (Å²) in [6.45, 7) is 5.73. The number of amides is 3. The van der Waals surface area contributed by atoms with Gasteiger partial charge in [0.25, 0.3) is 5.91 Å². The van der Waals surface area contributed by atoms with Crippen molar-refractivity contribution in [1.82, 2.24) is 15.5 Å². The molecule has 1 aliphatic rings. The molecule has 1 fully saturated rings. The first-order valence-corrected chi connectivity index (χ1v) is 9.98. The van der Waals surface area contributed by atoms with Crippen molar-refractivity contribution in [3.05, 3.63) is 34.3 Å². The van der Waals surface area contributed by atoms with Crippen LogP contribution in [0.1, 0.15) is 48.2 Å². The Morgan fingerprint density at radius 2 is 1.67 bits per heavy atom. The lowest BCUT2D eigenvalue weighted by molar-refractivity contribution is -0.123. The van der Waals surface area contributed by atoms with Gasteiger partial charge in [0.15, 0.2) is 0 Å². The Labute approximate surface area is 163 Å². The highest BCUT2D eigenvalue weighted by Crippen LogP contribution is 2.30. The third-order valence-corrected chi connectivity index (χ3v) is 5.71. The molecule has 1 aromatic carbocycles. The number of benzene rings is 1. The molecule has 0 atom stereocenters. The summed E-state index contributed by atoms with van der Waals surface area (Å²) < 4.78 is 0. The van der Waals surface area contributed by atoms with E-state index >= 15 is 0 Å². The van der Waals surface area contributed by atoms with E-state index in [4.69, 9.17) is 0 Å². The standard InChI is InChI=1S/C19H25N5O2S/c1-12-8-7-9-13(2)15(12)20-17(26)22-19(10-5-4-6-11-19)16(25)21-18-24-23-14(3)27-18/h7-9H,4-6,10-11H2,1-3H3,(H2,20,22,26)(H,21,24,25). The van der Waals surface area contributed by atoms with E-state index < -0.39 is 5.54 Å². The summed E-state index contributed by atoms with van der Waals surface area (Å²) in [5.74, 6) is -0.227. The molecule has 3 amide bonds. The summed E-state index contributed by atoms with van der Waals surface area (Å²) in [6, 6.07) is 5.49. The maximum absolute atomic E-state index is 13.0. The third-order valence-electron chi connectivity index (χ3n) is 4.96. The largest absolute Gasteiger partial charge is 0.323 e. The fraction of sp³-hybridized carbons (Fsp3) is 0.474. The Balaban J connectivity index is 1.75. The van der Waals surface area contributed by atoms with Crippen LogP contribution in [-0.2, 0) is 4.79 Å². The van der Waals surface area contributed by atoms with E-state index in [1.165, 1.54) is 11.3 Å². The highest BCUT2D eigenvalue weighted by Gasteiger charge is 2.41. The second-order valence-corrected chi connectivity index (χ2v) is 8.25. The molecular weight excluding hydrogens is 362 g/mol. The molecule has 1 aliphatic carbocycles. The average Bonchev–Trinajstić information content (AvgIpc) is 3.04. The number of carbonyl (C=O) groups is 2. The summed E-state index contributed by atoms with van der Waals surface area (Å²) >= 11 is 1.32. The fourth-order valence-electron chi connectivity index (χ4n) is 3.50. The fourth-order valence-corrected chi connectivity index (χ4v) is 4.09. The molecule has 144 valence electrons. The van der Waals surface area contributed by atoms with Gasteiger partial charge in [0.05, 0.1) is 0 Å². The van der Waals surface area contributed by atoms with E-state index in [-0.39, 0.29) is 11.9 Å². The number of aromatic nitrogens is 2. The predicted molar refractivity (Wildman–Crippen MR) is 107 cm³/mol. The van der Waals surface area contributed by atoms with E-state index in [9.17, 15) is 9.59 Å². The summed E-state index contributed by atoms with van der Waals surface area (Å²) in [5, 5.41) is 17.8. The van der Waals surface area contributed by atoms with Gasteiger partial charge >= 0.3 is 6.03 Å². The van der Waals surface area contributed by atoms with Gasteiger partial charge in [-0.2, -0.15) is 0 Å². The van der Waals surface area contributed by atoms with Crippen molar-refractivity contribution >= 4 is 34.1 Å². The molecule has 0 unspecified atom stereocenters. The Morgan fingerprint density at radius 3 is 2.26 bits per heavy atom. The van der Waals surface area contributed by atoms with Crippen LogP contribution in [-0.4, -0.2) is 27.7 Å². The Hall–Kier alpha value is -2.48. The molecule has 2 aromatic rings. The van der Waals surface area contributed by atoms with Crippen LogP contribution < -0.4 is 16.0 Å². The number of hydrogen-bond acceptors (Lipinski definition) is 5. The molecule has 1 heterocycles. The Morgan fingerprint density at radius 1 is 1.00 bits per heavy atom. The van der Waals surface area contributed by atoms with Crippen LogP contribution in [0.2, 0.25) is 0 Å². The first kappa shape index (κ1) is 19.3. The Kier molecular flexibility index (Phi) is 5.74. The van der Waals surface area contributed by atoms with Crippen LogP contribution in [0.15, 0.2) is 18.2 Å². The van der Waals surface area contributed by atoms with Gasteiger partial charge in [0.2, 0.25) is 5.13 Å². The van der Waals surface area contributed by atoms with Gasteiger partial charge in [-0.05, 0) is 44.7 Å². The number of anilines is 2. The van der Waals surface area contributed by atoms with Crippen molar-refractivity contribution in [3.8, 4) is 0 Å². The second-order valence-electron chi connectivity index (χ2n) is 7.07.